The molecule has 0 bridgehead atoms. The van der Waals surface area contributed by atoms with Crippen molar-refractivity contribution in [1.29, 1.82) is 0 Å². The van der Waals surface area contributed by atoms with Crippen LogP contribution in [0.1, 0.15) is 5.56 Å². The molecule has 0 aromatic heterocycles. The number of ether oxygens (including phenoxy) is 1. The first kappa shape index (κ1) is 24.7. The Hall–Kier alpha value is -3.96. The summed E-state index contributed by atoms with van der Waals surface area (Å²) in [5, 5.41) is 15.7. The number of non-ortho nitro benzene ring substituents is 1. The highest BCUT2D eigenvalue weighted by Gasteiger charge is 2.37. The van der Waals surface area contributed by atoms with E-state index in [1.54, 1.807) is 18.2 Å². The van der Waals surface area contributed by atoms with E-state index in [4.69, 9.17) is 4.74 Å². The molecule has 11 nitrogen and oxygen atoms in total. The summed E-state index contributed by atoms with van der Waals surface area (Å²) in [4.78, 5) is 51.9. The molecule has 2 aliphatic heterocycles. The number of methoxy groups -OCH3 is 1. The predicted molar refractivity (Wildman–Crippen MR) is 119 cm³/mol. The van der Waals surface area contributed by atoms with E-state index < -0.39 is 22.8 Å². The standard InChI is InChI=1S/C22H21N5O6.ClH/c1-33-17-5-2-15(3-6-17)26-21(29)18(20(28)24-22(26)30)13-14-12-16(27(31)32)4-7-19(14)25-10-8-23-9-11-25;/h2-7,12-13,23H,8-11H2,1H3,(H,24,28,30);1H/b18-13-;. The van der Waals surface area contributed by atoms with Crippen LogP contribution in [0, 0.1) is 10.1 Å². The number of imide groups is 2. The first-order valence-electron chi connectivity index (χ1n) is 10.3. The number of halogens is 1. The fraction of sp³-hybridized carbons (Fsp3) is 0.227. The van der Waals surface area contributed by atoms with Crippen LogP contribution in [0.2, 0.25) is 0 Å². The number of anilines is 2. The minimum Gasteiger partial charge on any atom is -1.00 e. The highest BCUT2D eigenvalue weighted by molar-refractivity contribution is 6.39. The van der Waals surface area contributed by atoms with Crippen LogP contribution in [0.3, 0.4) is 0 Å². The van der Waals surface area contributed by atoms with Gasteiger partial charge in [0.05, 0.1) is 43.9 Å². The van der Waals surface area contributed by atoms with Gasteiger partial charge in [-0.15, -0.1) is 0 Å². The number of rotatable bonds is 5. The molecule has 3 N–H and O–H groups in total. The Labute approximate surface area is 200 Å². The largest absolute Gasteiger partial charge is 1.00 e. The molecule has 0 spiro atoms. The maximum Gasteiger partial charge on any atom is 0.335 e. The number of nitro groups is 1. The Morgan fingerprint density at radius 1 is 1.09 bits per heavy atom. The van der Waals surface area contributed by atoms with Crippen LogP contribution >= 0.6 is 0 Å². The second kappa shape index (κ2) is 10.3. The molecular weight excluding hydrogens is 466 g/mol. The normalized spacial score (nSPS) is 17.3. The molecule has 2 saturated heterocycles. The van der Waals surface area contributed by atoms with Gasteiger partial charge in [-0.3, -0.25) is 25.0 Å². The maximum atomic E-state index is 13.2. The second-order valence-corrected chi connectivity index (χ2v) is 7.51. The van der Waals surface area contributed by atoms with E-state index in [1.165, 1.54) is 37.5 Å². The summed E-state index contributed by atoms with van der Waals surface area (Å²) in [6, 6.07) is 9.68. The number of carbonyl (C=O) groups is 3. The van der Waals surface area contributed by atoms with Gasteiger partial charge in [-0.25, -0.2) is 9.69 Å². The van der Waals surface area contributed by atoms with Crippen LogP contribution in [-0.4, -0.2) is 56.1 Å². The van der Waals surface area contributed by atoms with Gasteiger partial charge in [0.25, 0.3) is 17.5 Å². The van der Waals surface area contributed by atoms with Crippen molar-refractivity contribution in [2.45, 2.75) is 0 Å². The van der Waals surface area contributed by atoms with E-state index in [2.05, 4.69) is 10.6 Å². The number of amides is 4. The molecule has 12 heteroatoms. The van der Waals surface area contributed by atoms with Gasteiger partial charge in [-0.1, -0.05) is 0 Å². The molecule has 34 heavy (non-hydrogen) atoms. The van der Waals surface area contributed by atoms with Crippen molar-refractivity contribution in [2.24, 2.45) is 0 Å². The summed E-state index contributed by atoms with van der Waals surface area (Å²) in [7, 11) is 1.49. The minimum atomic E-state index is -0.877. The molecule has 4 rings (SSSR count). The molecule has 2 heterocycles. The lowest BCUT2D eigenvalue weighted by molar-refractivity contribution is -0.655. The van der Waals surface area contributed by atoms with Crippen LogP contribution in [0.25, 0.3) is 6.08 Å². The number of hydrogen-bond donors (Lipinski definition) is 2. The highest BCUT2D eigenvalue weighted by Crippen LogP contribution is 2.30. The van der Waals surface area contributed by atoms with Crippen LogP contribution in [-0.2, 0) is 9.59 Å². The molecule has 0 atom stereocenters. The number of urea groups is 1. The number of barbiturate groups is 1. The van der Waals surface area contributed by atoms with Crippen molar-refractivity contribution in [1.82, 2.24) is 5.32 Å². The summed E-state index contributed by atoms with van der Waals surface area (Å²) in [5.41, 5.74) is 0.822. The van der Waals surface area contributed by atoms with Crippen LogP contribution < -0.4 is 37.6 Å². The summed E-state index contributed by atoms with van der Waals surface area (Å²) < 4.78 is 5.10. The van der Waals surface area contributed by atoms with E-state index in [1.807, 2.05) is 4.90 Å². The Kier molecular flexibility index (Phi) is 7.49. The smallest absolute Gasteiger partial charge is 0.335 e. The lowest BCUT2D eigenvalue weighted by atomic mass is 10.0. The number of quaternary nitrogens is 1. The number of hydrogen-bond acceptors (Lipinski definition) is 7. The first-order chi connectivity index (χ1) is 15.9. The predicted octanol–water partition coefficient (Wildman–Crippen LogP) is -2.34. The summed E-state index contributed by atoms with van der Waals surface area (Å²) in [6.45, 7) is 3.13. The number of nitrogens with one attached hydrogen (secondary N) is 1. The molecule has 4 amide bonds. The van der Waals surface area contributed by atoms with Gasteiger partial charge in [0.1, 0.15) is 11.3 Å². The zero-order chi connectivity index (χ0) is 23.5. The van der Waals surface area contributed by atoms with Gasteiger partial charge in [0, 0.05) is 23.4 Å². The molecule has 178 valence electrons. The van der Waals surface area contributed by atoms with E-state index >= 15 is 0 Å². The van der Waals surface area contributed by atoms with Gasteiger partial charge in [0.2, 0.25) is 0 Å². The summed E-state index contributed by atoms with van der Waals surface area (Å²) >= 11 is 0. The number of nitrogens with two attached hydrogens (primary N) is 1. The van der Waals surface area contributed by atoms with Crippen LogP contribution in [0.5, 0.6) is 5.75 Å². The van der Waals surface area contributed by atoms with Crippen molar-refractivity contribution >= 4 is 41.0 Å². The van der Waals surface area contributed by atoms with Crippen molar-refractivity contribution < 1.29 is 41.8 Å². The van der Waals surface area contributed by atoms with Gasteiger partial charge in [-0.05, 0) is 36.4 Å². The number of piperazine rings is 1. The monoisotopic (exact) mass is 487 g/mol. The fourth-order valence-corrected chi connectivity index (χ4v) is 3.83. The SMILES string of the molecule is COc1ccc(N2C(=O)NC(=O)/C(=C/c3cc([N+](=O)[O-])ccc3N3CC[NH2+]CC3)C2=O)cc1.[Cl-]. The molecule has 2 aromatic rings. The van der Waals surface area contributed by atoms with E-state index in [-0.39, 0.29) is 29.4 Å². The summed E-state index contributed by atoms with van der Waals surface area (Å²) in [6.07, 6.45) is 1.31. The van der Waals surface area contributed by atoms with Gasteiger partial charge in [0.15, 0.2) is 0 Å². The molecule has 2 fully saturated rings. The van der Waals surface area contributed by atoms with Crippen LogP contribution in [0.4, 0.5) is 21.9 Å². The molecule has 0 saturated carbocycles. The quantitative estimate of drug-likeness (QED) is 0.208. The summed E-state index contributed by atoms with van der Waals surface area (Å²) in [5.74, 6) is -1.15. The first-order valence-corrected chi connectivity index (χ1v) is 10.3. The van der Waals surface area contributed by atoms with Gasteiger partial charge >= 0.3 is 6.03 Å². The third-order valence-corrected chi connectivity index (χ3v) is 5.50. The van der Waals surface area contributed by atoms with Gasteiger partial charge < -0.3 is 27.4 Å². The fourth-order valence-electron chi connectivity index (χ4n) is 3.83. The molecule has 0 unspecified atom stereocenters. The Bertz CT molecular complexity index is 1160. The Morgan fingerprint density at radius 3 is 2.38 bits per heavy atom. The van der Waals surface area contributed by atoms with Crippen molar-refractivity contribution in [3.8, 4) is 5.75 Å². The zero-order valence-corrected chi connectivity index (χ0v) is 18.9. The average molecular weight is 488 g/mol. The molecule has 2 aromatic carbocycles. The van der Waals surface area contributed by atoms with E-state index in [0.717, 1.165) is 18.0 Å². The lowest BCUT2D eigenvalue weighted by Gasteiger charge is -2.29. The number of nitrogens with zero attached hydrogens (tertiary/aromatic N) is 3. The number of carbonyl (C=O) groups excluding carboxylic acids is 3. The third kappa shape index (κ3) is 4.85. The van der Waals surface area contributed by atoms with Crippen molar-refractivity contribution in [2.75, 3.05) is 43.1 Å². The topological polar surface area (TPSA) is 139 Å². The van der Waals surface area contributed by atoms with E-state index in [9.17, 15) is 24.5 Å². The van der Waals surface area contributed by atoms with Crippen LogP contribution in [0.15, 0.2) is 48.0 Å². The van der Waals surface area contributed by atoms with Crippen molar-refractivity contribution in [3.63, 3.8) is 0 Å². The molecule has 2 aliphatic rings. The Balaban J connectivity index is 0.00000324. The second-order valence-electron chi connectivity index (χ2n) is 7.51. The molecular formula is C22H22ClN5O6. The molecule has 0 aliphatic carbocycles. The third-order valence-electron chi connectivity index (χ3n) is 5.50. The lowest BCUT2D eigenvalue weighted by Crippen LogP contribution is -3.00. The Morgan fingerprint density at radius 2 is 1.76 bits per heavy atom. The maximum absolute atomic E-state index is 13.2. The zero-order valence-electron chi connectivity index (χ0n) is 18.2. The van der Waals surface area contributed by atoms with E-state index in [0.29, 0.717) is 30.1 Å². The minimum absolute atomic E-state index is 0. The number of benzene rings is 2. The van der Waals surface area contributed by atoms with Gasteiger partial charge in [-0.2, -0.15) is 0 Å². The average Bonchev–Trinajstić information content (AvgIpc) is 2.82. The van der Waals surface area contributed by atoms with Crippen molar-refractivity contribution in [3.05, 3.63) is 63.7 Å². The number of nitro benzene ring substituents is 1. The molecule has 0 radical (unpaired) electrons. The highest BCUT2D eigenvalue weighted by atomic mass is 35.5.